The smallest absolute Gasteiger partial charge is 0.347 e. The highest BCUT2D eigenvalue weighted by molar-refractivity contribution is 6.20. The lowest BCUT2D eigenvalue weighted by atomic mass is 10.2. The third-order valence-electron chi connectivity index (χ3n) is 4.10. The summed E-state index contributed by atoms with van der Waals surface area (Å²) >= 11 is 0. The van der Waals surface area contributed by atoms with E-state index in [1.54, 1.807) is 36.4 Å². The molecule has 1 N–H and O–H groups in total. The third kappa shape index (κ3) is 4.37. The number of hydrogen-bond acceptors (Lipinski definition) is 6. The molecule has 0 aromatic heterocycles. The minimum absolute atomic E-state index is 0.0315. The normalized spacial score (nSPS) is 13.1. The van der Waals surface area contributed by atoms with Gasteiger partial charge in [0.2, 0.25) is 11.7 Å². The van der Waals surface area contributed by atoms with Crippen molar-refractivity contribution in [2.75, 3.05) is 30.0 Å². The molecule has 0 saturated carbocycles. The second kappa shape index (κ2) is 8.85. The first-order valence-electron chi connectivity index (χ1n) is 8.85. The summed E-state index contributed by atoms with van der Waals surface area (Å²) in [6.07, 6.45) is 0. The molecule has 3 rings (SSSR count). The van der Waals surface area contributed by atoms with Crippen LogP contribution in [-0.2, 0) is 23.9 Å². The van der Waals surface area contributed by atoms with Crippen LogP contribution >= 0.6 is 0 Å². The monoisotopic (exact) mass is 380 g/mol. The Morgan fingerprint density at radius 2 is 1.71 bits per heavy atom. The number of rotatable bonds is 7. The number of carbonyl (C=O) groups excluding carboxylic acids is 3. The van der Waals surface area contributed by atoms with Crippen LogP contribution in [-0.4, -0.2) is 37.4 Å². The zero-order chi connectivity index (χ0) is 19.9. The van der Waals surface area contributed by atoms with E-state index in [2.05, 4.69) is 5.32 Å². The Morgan fingerprint density at radius 1 is 1.07 bits per heavy atom. The van der Waals surface area contributed by atoms with E-state index >= 15 is 0 Å². The van der Waals surface area contributed by atoms with Crippen molar-refractivity contribution < 1.29 is 23.9 Å². The molecule has 28 heavy (non-hydrogen) atoms. The number of nitrogens with one attached hydrogen (secondary N) is 1. The molecule has 7 nitrogen and oxygen atoms in total. The summed E-state index contributed by atoms with van der Waals surface area (Å²) in [4.78, 5) is 38.4. The van der Waals surface area contributed by atoms with Crippen LogP contribution in [0.3, 0.4) is 0 Å². The fourth-order valence-electron chi connectivity index (χ4n) is 2.75. The van der Waals surface area contributed by atoms with Crippen molar-refractivity contribution in [3.05, 3.63) is 72.1 Å². The number of ketones is 1. The SMILES string of the molecule is CCN(C(=O)COC(=O)C1=C(Nc2ccccc2)OCC1=O)c1ccccc1. The molecule has 0 atom stereocenters. The van der Waals surface area contributed by atoms with Gasteiger partial charge in [0, 0.05) is 17.9 Å². The molecule has 0 radical (unpaired) electrons. The van der Waals surface area contributed by atoms with Gasteiger partial charge in [0.1, 0.15) is 0 Å². The van der Waals surface area contributed by atoms with Crippen LogP contribution in [0.2, 0.25) is 0 Å². The summed E-state index contributed by atoms with van der Waals surface area (Å²) in [5, 5.41) is 2.89. The number of Topliss-reactive ketones (excluding diaryl/α,β-unsaturated/α-hetero) is 1. The molecule has 2 aromatic rings. The molecule has 2 aromatic carbocycles. The Labute approximate surface area is 162 Å². The second-order valence-corrected chi connectivity index (χ2v) is 5.96. The van der Waals surface area contributed by atoms with Crippen molar-refractivity contribution in [3.63, 3.8) is 0 Å². The van der Waals surface area contributed by atoms with E-state index in [1.807, 2.05) is 31.2 Å². The van der Waals surface area contributed by atoms with Crippen molar-refractivity contribution >= 4 is 29.0 Å². The van der Waals surface area contributed by atoms with Crippen LogP contribution in [0.15, 0.2) is 72.1 Å². The molecule has 7 heteroatoms. The van der Waals surface area contributed by atoms with Crippen molar-refractivity contribution in [1.82, 2.24) is 0 Å². The Morgan fingerprint density at radius 3 is 2.36 bits per heavy atom. The summed E-state index contributed by atoms with van der Waals surface area (Å²) < 4.78 is 10.4. The van der Waals surface area contributed by atoms with Crippen LogP contribution in [0, 0.1) is 0 Å². The number of benzene rings is 2. The van der Waals surface area contributed by atoms with E-state index in [4.69, 9.17) is 9.47 Å². The highest BCUT2D eigenvalue weighted by Crippen LogP contribution is 2.21. The first kappa shape index (κ1) is 19.2. The van der Waals surface area contributed by atoms with Gasteiger partial charge < -0.3 is 19.7 Å². The molecule has 144 valence electrons. The van der Waals surface area contributed by atoms with Gasteiger partial charge in [-0.25, -0.2) is 4.79 Å². The number of carbonyl (C=O) groups is 3. The first-order chi connectivity index (χ1) is 13.6. The minimum atomic E-state index is -0.890. The fraction of sp³-hybridized carbons (Fsp3) is 0.190. The number of esters is 1. The molecule has 0 spiro atoms. The average Bonchev–Trinajstić information content (AvgIpc) is 3.08. The van der Waals surface area contributed by atoms with E-state index in [1.165, 1.54) is 4.90 Å². The molecule has 1 amide bonds. The van der Waals surface area contributed by atoms with Crippen LogP contribution < -0.4 is 10.2 Å². The van der Waals surface area contributed by atoms with Gasteiger partial charge in [0.05, 0.1) is 0 Å². The molecule has 1 aliphatic rings. The van der Waals surface area contributed by atoms with Gasteiger partial charge in [-0.1, -0.05) is 36.4 Å². The molecular weight excluding hydrogens is 360 g/mol. The zero-order valence-corrected chi connectivity index (χ0v) is 15.4. The molecule has 1 heterocycles. The summed E-state index contributed by atoms with van der Waals surface area (Å²) in [5.74, 6) is -1.74. The van der Waals surface area contributed by atoms with Gasteiger partial charge in [-0.05, 0) is 31.2 Å². The summed E-state index contributed by atoms with van der Waals surface area (Å²) in [5.41, 5.74) is 1.14. The van der Waals surface area contributed by atoms with Gasteiger partial charge in [0.25, 0.3) is 5.91 Å². The van der Waals surface area contributed by atoms with E-state index in [0.717, 1.165) is 0 Å². The average molecular weight is 380 g/mol. The number of nitrogens with zero attached hydrogens (tertiary/aromatic N) is 1. The Hall–Kier alpha value is -3.61. The first-order valence-corrected chi connectivity index (χ1v) is 8.85. The highest BCUT2D eigenvalue weighted by atomic mass is 16.5. The van der Waals surface area contributed by atoms with E-state index < -0.39 is 18.4 Å². The molecule has 0 saturated heterocycles. The van der Waals surface area contributed by atoms with Gasteiger partial charge >= 0.3 is 5.97 Å². The van der Waals surface area contributed by atoms with E-state index in [9.17, 15) is 14.4 Å². The number of anilines is 2. The fourth-order valence-corrected chi connectivity index (χ4v) is 2.75. The van der Waals surface area contributed by atoms with Crippen molar-refractivity contribution in [1.29, 1.82) is 0 Å². The molecular formula is C21H20N2O5. The lowest BCUT2D eigenvalue weighted by molar-refractivity contribution is -0.144. The predicted octanol–water partition coefficient (Wildman–Crippen LogP) is 2.51. The summed E-state index contributed by atoms with van der Waals surface area (Å²) in [7, 11) is 0. The lowest BCUT2D eigenvalue weighted by Gasteiger charge is -2.20. The van der Waals surface area contributed by atoms with Gasteiger partial charge in [-0.3, -0.25) is 9.59 Å². The Balaban J connectivity index is 1.67. The molecule has 0 fully saturated rings. The van der Waals surface area contributed by atoms with Crippen LogP contribution in [0.25, 0.3) is 0 Å². The molecule has 0 aliphatic carbocycles. The number of para-hydroxylation sites is 2. The number of amides is 1. The van der Waals surface area contributed by atoms with E-state index in [-0.39, 0.29) is 24.0 Å². The van der Waals surface area contributed by atoms with Gasteiger partial charge in [-0.2, -0.15) is 0 Å². The maximum absolute atomic E-state index is 12.4. The second-order valence-electron chi connectivity index (χ2n) is 5.96. The standard InChI is InChI=1S/C21H20N2O5/c1-2-23(16-11-7-4-8-12-16)18(25)14-28-21(26)19-17(24)13-27-20(19)22-15-9-5-3-6-10-15/h3-12,22H,2,13-14H2,1H3. The number of likely N-dealkylation sites (N-methyl/N-ethyl adjacent to an activating group) is 1. The largest absolute Gasteiger partial charge is 0.470 e. The van der Waals surface area contributed by atoms with E-state index in [0.29, 0.717) is 17.9 Å². The van der Waals surface area contributed by atoms with Crippen LogP contribution in [0.4, 0.5) is 11.4 Å². The van der Waals surface area contributed by atoms with Crippen LogP contribution in [0.5, 0.6) is 0 Å². The minimum Gasteiger partial charge on any atom is -0.470 e. The summed E-state index contributed by atoms with van der Waals surface area (Å²) in [6.45, 7) is 1.52. The van der Waals surface area contributed by atoms with Gasteiger partial charge in [-0.15, -0.1) is 0 Å². The predicted molar refractivity (Wildman–Crippen MR) is 103 cm³/mol. The number of hydrogen-bond donors (Lipinski definition) is 1. The Kier molecular flexibility index (Phi) is 6.06. The maximum atomic E-state index is 12.4. The van der Waals surface area contributed by atoms with Crippen molar-refractivity contribution in [2.45, 2.75) is 6.92 Å². The quantitative estimate of drug-likeness (QED) is 0.587. The van der Waals surface area contributed by atoms with Crippen LogP contribution in [0.1, 0.15) is 6.92 Å². The summed E-state index contributed by atoms with van der Waals surface area (Å²) in [6, 6.07) is 18.1. The zero-order valence-electron chi connectivity index (χ0n) is 15.4. The molecule has 0 bridgehead atoms. The lowest BCUT2D eigenvalue weighted by Crippen LogP contribution is -2.35. The molecule has 0 unspecified atom stereocenters. The topological polar surface area (TPSA) is 84.9 Å². The van der Waals surface area contributed by atoms with Gasteiger partial charge in [0.15, 0.2) is 18.8 Å². The van der Waals surface area contributed by atoms with Crippen molar-refractivity contribution in [2.24, 2.45) is 0 Å². The van der Waals surface area contributed by atoms with Crippen molar-refractivity contribution in [3.8, 4) is 0 Å². The highest BCUT2D eigenvalue weighted by Gasteiger charge is 2.33. The third-order valence-corrected chi connectivity index (χ3v) is 4.10. The molecule has 1 aliphatic heterocycles. The number of ether oxygens (including phenoxy) is 2. The maximum Gasteiger partial charge on any atom is 0.347 e. The Bertz CT molecular complexity index is 894.